The number of carbonyl (C=O) groups is 1. The van der Waals surface area contributed by atoms with Crippen molar-refractivity contribution in [1.82, 2.24) is 10.2 Å². The van der Waals surface area contributed by atoms with Crippen LogP contribution >= 0.6 is 0 Å². The average Bonchev–Trinajstić information content (AvgIpc) is 2.59. The average molecular weight is 322 g/mol. The van der Waals surface area contributed by atoms with E-state index in [0.717, 1.165) is 13.0 Å². The van der Waals surface area contributed by atoms with Gasteiger partial charge < -0.3 is 15.5 Å². The van der Waals surface area contributed by atoms with Gasteiger partial charge in [-0.2, -0.15) is 15.8 Å². The van der Waals surface area contributed by atoms with Crippen LogP contribution in [0.5, 0.6) is 0 Å². The quantitative estimate of drug-likeness (QED) is 0.582. The summed E-state index contributed by atoms with van der Waals surface area (Å²) in [5.41, 5.74) is 0.591. The van der Waals surface area contributed by atoms with Crippen molar-refractivity contribution in [3.63, 3.8) is 0 Å². The van der Waals surface area contributed by atoms with Gasteiger partial charge in [-0.1, -0.05) is 0 Å². The van der Waals surface area contributed by atoms with Crippen molar-refractivity contribution in [3.05, 3.63) is 41.1 Å². The molecule has 7 heteroatoms. The van der Waals surface area contributed by atoms with Gasteiger partial charge in [0.1, 0.15) is 23.9 Å². The zero-order valence-electron chi connectivity index (χ0n) is 13.6. The lowest BCUT2D eigenvalue weighted by Gasteiger charge is -2.10. The summed E-state index contributed by atoms with van der Waals surface area (Å²) in [4.78, 5) is 14.0. The minimum Gasteiger partial charge on any atom is -0.352 e. The summed E-state index contributed by atoms with van der Waals surface area (Å²) >= 11 is 0. The Morgan fingerprint density at radius 2 is 1.71 bits per heavy atom. The molecule has 0 saturated carbocycles. The predicted molar refractivity (Wildman–Crippen MR) is 89.4 cm³/mol. The number of nitrogens with zero attached hydrogens (tertiary/aromatic N) is 4. The molecule has 0 spiro atoms. The summed E-state index contributed by atoms with van der Waals surface area (Å²) in [7, 11) is 3.95. The molecule has 0 atom stereocenters. The SMILES string of the molecule is CN(C)CCCNC(=O)c1ccc(NC(C#N)=C(C#N)C#N)cc1. The Morgan fingerprint density at radius 3 is 2.21 bits per heavy atom. The first-order chi connectivity index (χ1) is 11.5. The molecule has 122 valence electrons. The van der Waals surface area contributed by atoms with Gasteiger partial charge >= 0.3 is 0 Å². The van der Waals surface area contributed by atoms with Gasteiger partial charge in [0.15, 0.2) is 5.57 Å². The smallest absolute Gasteiger partial charge is 0.251 e. The minimum atomic E-state index is -0.291. The molecule has 1 aromatic carbocycles. The maximum atomic E-state index is 12.0. The second-order valence-corrected chi connectivity index (χ2v) is 5.20. The zero-order valence-corrected chi connectivity index (χ0v) is 13.6. The normalized spacial score (nSPS) is 9.33. The maximum Gasteiger partial charge on any atom is 0.251 e. The van der Waals surface area contributed by atoms with Crippen molar-refractivity contribution in [3.8, 4) is 18.2 Å². The molecule has 0 unspecified atom stereocenters. The molecule has 0 aliphatic carbocycles. The van der Waals surface area contributed by atoms with Gasteiger partial charge in [0.25, 0.3) is 5.91 Å². The molecule has 24 heavy (non-hydrogen) atoms. The first-order valence-corrected chi connectivity index (χ1v) is 7.26. The number of carbonyl (C=O) groups excluding carboxylic acids is 1. The largest absolute Gasteiger partial charge is 0.352 e. The van der Waals surface area contributed by atoms with E-state index in [-0.39, 0.29) is 17.2 Å². The van der Waals surface area contributed by atoms with Crippen LogP contribution in [-0.2, 0) is 0 Å². The van der Waals surface area contributed by atoms with E-state index in [9.17, 15) is 4.79 Å². The van der Waals surface area contributed by atoms with Crippen LogP contribution in [0.2, 0.25) is 0 Å². The predicted octanol–water partition coefficient (Wildman–Crippen LogP) is 1.60. The lowest BCUT2D eigenvalue weighted by atomic mass is 10.1. The summed E-state index contributed by atoms with van der Waals surface area (Å²) < 4.78 is 0. The first kappa shape index (κ1) is 18.7. The fourth-order valence-corrected chi connectivity index (χ4v) is 1.83. The minimum absolute atomic E-state index is 0.124. The van der Waals surface area contributed by atoms with Gasteiger partial charge in [-0.15, -0.1) is 0 Å². The Hall–Kier alpha value is -3.34. The van der Waals surface area contributed by atoms with Crippen molar-refractivity contribution in [1.29, 1.82) is 15.8 Å². The lowest BCUT2D eigenvalue weighted by molar-refractivity contribution is 0.0952. The van der Waals surface area contributed by atoms with E-state index in [2.05, 4.69) is 10.6 Å². The molecular weight excluding hydrogens is 304 g/mol. The summed E-state index contributed by atoms with van der Waals surface area (Å²) in [6.07, 6.45) is 0.861. The third kappa shape index (κ3) is 5.81. The molecule has 1 amide bonds. The first-order valence-electron chi connectivity index (χ1n) is 7.26. The molecule has 0 heterocycles. The van der Waals surface area contributed by atoms with Crippen LogP contribution in [0.15, 0.2) is 35.5 Å². The zero-order chi connectivity index (χ0) is 17.9. The third-order valence-corrected chi connectivity index (χ3v) is 3.07. The fraction of sp³-hybridized carbons (Fsp3) is 0.294. The summed E-state index contributed by atoms with van der Waals surface area (Å²) in [6.45, 7) is 1.48. The Kier molecular flexibility index (Phi) is 7.51. The van der Waals surface area contributed by atoms with Gasteiger partial charge in [0.05, 0.1) is 0 Å². The maximum absolute atomic E-state index is 12.0. The second-order valence-electron chi connectivity index (χ2n) is 5.20. The Morgan fingerprint density at radius 1 is 1.08 bits per heavy atom. The highest BCUT2D eigenvalue weighted by atomic mass is 16.1. The van der Waals surface area contributed by atoms with Crippen LogP contribution in [0.25, 0.3) is 0 Å². The highest BCUT2D eigenvalue weighted by molar-refractivity contribution is 5.94. The summed E-state index contributed by atoms with van der Waals surface area (Å²) in [6, 6.07) is 11.5. The van der Waals surface area contributed by atoms with E-state index in [1.54, 1.807) is 42.5 Å². The molecule has 1 aromatic rings. The van der Waals surface area contributed by atoms with Crippen LogP contribution in [0.1, 0.15) is 16.8 Å². The molecule has 7 nitrogen and oxygen atoms in total. The molecule has 0 aliphatic heterocycles. The van der Waals surface area contributed by atoms with E-state index in [4.69, 9.17) is 15.8 Å². The topological polar surface area (TPSA) is 116 Å². The Balaban J connectivity index is 2.68. The van der Waals surface area contributed by atoms with Crippen molar-refractivity contribution >= 4 is 11.6 Å². The lowest BCUT2D eigenvalue weighted by Crippen LogP contribution is -2.27. The number of nitriles is 3. The van der Waals surface area contributed by atoms with E-state index >= 15 is 0 Å². The number of benzene rings is 1. The van der Waals surface area contributed by atoms with Gasteiger partial charge in [0.2, 0.25) is 0 Å². The van der Waals surface area contributed by atoms with Crippen LogP contribution < -0.4 is 10.6 Å². The molecule has 0 aromatic heterocycles. The third-order valence-electron chi connectivity index (χ3n) is 3.07. The number of hydrogen-bond donors (Lipinski definition) is 2. The molecule has 0 radical (unpaired) electrons. The van der Waals surface area contributed by atoms with Crippen LogP contribution in [0.4, 0.5) is 5.69 Å². The number of anilines is 1. The highest BCUT2D eigenvalue weighted by Gasteiger charge is 2.08. The van der Waals surface area contributed by atoms with Gasteiger partial charge in [-0.25, -0.2) is 0 Å². The van der Waals surface area contributed by atoms with E-state index < -0.39 is 0 Å². The van der Waals surface area contributed by atoms with Gasteiger partial charge in [-0.05, 0) is 51.3 Å². The monoisotopic (exact) mass is 322 g/mol. The summed E-state index contributed by atoms with van der Waals surface area (Å²) in [5, 5.41) is 32.1. The fourth-order valence-electron chi connectivity index (χ4n) is 1.83. The standard InChI is InChI=1S/C17H18N6O/c1-23(2)9-3-8-21-17(24)13-4-6-15(7-5-13)22-16(12-20)14(10-18)11-19/h4-7,22H,3,8-9H2,1-2H3,(H,21,24). The number of nitrogens with one attached hydrogen (secondary N) is 2. The molecule has 0 bridgehead atoms. The van der Waals surface area contributed by atoms with Gasteiger partial charge in [0, 0.05) is 17.8 Å². The van der Waals surface area contributed by atoms with Crippen LogP contribution in [0.3, 0.4) is 0 Å². The van der Waals surface area contributed by atoms with E-state index in [0.29, 0.717) is 17.8 Å². The highest BCUT2D eigenvalue weighted by Crippen LogP contribution is 2.13. The van der Waals surface area contributed by atoms with Crippen LogP contribution in [0, 0.1) is 34.0 Å². The molecule has 2 N–H and O–H groups in total. The second kappa shape index (κ2) is 9.63. The van der Waals surface area contributed by atoms with Gasteiger partial charge in [-0.3, -0.25) is 4.79 Å². The number of amides is 1. The molecule has 1 rings (SSSR count). The Bertz CT molecular complexity index is 712. The summed E-state index contributed by atoms with van der Waals surface area (Å²) in [5.74, 6) is -0.175. The molecule has 0 aliphatic rings. The van der Waals surface area contributed by atoms with Crippen molar-refractivity contribution in [2.45, 2.75) is 6.42 Å². The van der Waals surface area contributed by atoms with E-state index in [1.807, 2.05) is 19.0 Å². The molecule has 0 saturated heterocycles. The molecular formula is C17H18N6O. The van der Waals surface area contributed by atoms with E-state index in [1.165, 1.54) is 0 Å². The van der Waals surface area contributed by atoms with Crippen molar-refractivity contribution in [2.75, 3.05) is 32.5 Å². The van der Waals surface area contributed by atoms with Crippen LogP contribution in [-0.4, -0.2) is 38.0 Å². The number of allylic oxidation sites excluding steroid dienone is 2. The Labute approximate surface area is 141 Å². The number of hydrogen-bond acceptors (Lipinski definition) is 6. The van der Waals surface area contributed by atoms with Crippen molar-refractivity contribution in [2.24, 2.45) is 0 Å². The van der Waals surface area contributed by atoms with Crippen molar-refractivity contribution < 1.29 is 4.79 Å². The molecule has 0 fully saturated rings. The number of rotatable bonds is 7.